The molecule has 26 heavy (non-hydrogen) atoms. The number of carbonyl (C=O) groups is 1. The van der Waals surface area contributed by atoms with E-state index in [4.69, 9.17) is 9.73 Å². The molecule has 7 atom stereocenters. The molecule has 5 heterocycles. The summed E-state index contributed by atoms with van der Waals surface area (Å²) in [5.74, 6) is 0.189. The number of benzene rings is 1. The molecular formula is C21H22N2O3. The second-order valence-electron chi connectivity index (χ2n) is 8.60. The average molecular weight is 350 g/mol. The summed E-state index contributed by atoms with van der Waals surface area (Å²) < 4.78 is 5.82. The van der Waals surface area contributed by atoms with Gasteiger partial charge in [-0.25, -0.2) is 0 Å². The summed E-state index contributed by atoms with van der Waals surface area (Å²) in [5, 5.41) is 14.1. The molecule has 5 aliphatic heterocycles. The molecule has 6 aliphatic rings. The van der Waals surface area contributed by atoms with E-state index in [0.29, 0.717) is 12.5 Å². The van der Waals surface area contributed by atoms with Crippen LogP contribution in [0.3, 0.4) is 0 Å². The van der Waals surface area contributed by atoms with Gasteiger partial charge in [-0.3, -0.25) is 9.79 Å². The van der Waals surface area contributed by atoms with Crippen LogP contribution in [0, 0.1) is 17.0 Å². The van der Waals surface area contributed by atoms with Gasteiger partial charge in [-0.2, -0.15) is 0 Å². The van der Waals surface area contributed by atoms with Crippen molar-refractivity contribution in [3.05, 3.63) is 46.7 Å². The predicted molar refractivity (Wildman–Crippen MR) is 96.8 cm³/mol. The Morgan fingerprint density at radius 3 is 3.00 bits per heavy atom. The van der Waals surface area contributed by atoms with E-state index in [2.05, 4.69) is 12.1 Å². The molecule has 1 saturated carbocycles. The molecule has 5 heteroatoms. The fourth-order valence-electron chi connectivity index (χ4n) is 7.06. The van der Waals surface area contributed by atoms with Gasteiger partial charge in [0.15, 0.2) is 0 Å². The molecule has 134 valence electrons. The highest BCUT2D eigenvalue weighted by atomic mass is 16.6. The fraction of sp³-hybridized carbons (Fsp3) is 0.524. The number of esters is 1. The smallest absolute Gasteiger partial charge is 0.302 e. The van der Waals surface area contributed by atoms with Gasteiger partial charge >= 0.3 is 5.97 Å². The lowest BCUT2D eigenvalue weighted by Gasteiger charge is -2.65. The Labute approximate surface area is 152 Å². The predicted octanol–water partition coefficient (Wildman–Crippen LogP) is 3.01. The van der Waals surface area contributed by atoms with Crippen LogP contribution < -0.4 is 0 Å². The van der Waals surface area contributed by atoms with Crippen molar-refractivity contribution in [3.8, 4) is 0 Å². The number of rotatable bonds is 1. The highest BCUT2D eigenvalue weighted by Crippen LogP contribution is 2.68. The number of allylic oxidation sites excluding steroid dienone is 1. The molecule has 7 rings (SSSR count). The van der Waals surface area contributed by atoms with Gasteiger partial charge in [0.2, 0.25) is 0 Å². The Balaban J connectivity index is 1.64. The van der Waals surface area contributed by atoms with E-state index in [-0.39, 0.29) is 40.1 Å². The molecule has 0 aromatic heterocycles. The van der Waals surface area contributed by atoms with Gasteiger partial charge in [-0.05, 0) is 24.1 Å². The van der Waals surface area contributed by atoms with Crippen LogP contribution in [-0.2, 0) is 14.9 Å². The van der Waals surface area contributed by atoms with Crippen molar-refractivity contribution in [1.29, 1.82) is 0 Å². The van der Waals surface area contributed by atoms with Gasteiger partial charge in [0.05, 0.1) is 28.8 Å². The third kappa shape index (κ3) is 1.41. The fourth-order valence-corrected chi connectivity index (χ4v) is 7.06. The van der Waals surface area contributed by atoms with Crippen molar-refractivity contribution in [2.75, 3.05) is 6.54 Å². The number of hydroxylamine groups is 3. The summed E-state index contributed by atoms with van der Waals surface area (Å²) in [5.41, 5.74) is 3.99. The van der Waals surface area contributed by atoms with Crippen LogP contribution >= 0.6 is 0 Å². The zero-order valence-electron chi connectivity index (χ0n) is 15.0. The number of hydrogen-bond donors (Lipinski definition) is 0. The minimum atomic E-state index is -0.383. The molecule has 5 fully saturated rings. The van der Waals surface area contributed by atoms with Crippen LogP contribution in [0.2, 0.25) is 0 Å². The van der Waals surface area contributed by atoms with Gasteiger partial charge < -0.3 is 14.6 Å². The maximum atomic E-state index is 14.1. The van der Waals surface area contributed by atoms with Crippen molar-refractivity contribution in [3.63, 3.8) is 0 Å². The van der Waals surface area contributed by atoms with Crippen LogP contribution in [0.25, 0.3) is 0 Å². The van der Waals surface area contributed by atoms with Gasteiger partial charge in [0.25, 0.3) is 0 Å². The Bertz CT molecular complexity index is 922. The molecular weight excluding hydrogens is 328 g/mol. The summed E-state index contributed by atoms with van der Waals surface area (Å²) in [4.78, 5) is 17.0. The molecule has 5 bridgehead atoms. The molecule has 0 unspecified atom stereocenters. The Morgan fingerprint density at radius 1 is 1.42 bits per heavy atom. The van der Waals surface area contributed by atoms with Crippen molar-refractivity contribution >= 4 is 17.4 Å². The molecule has 0 N–H and O–H groups in total. The van der Waals surface area contributed by atoms with E-state index in [1.165, 1.54) is 12.5 Å². The Morgan fingerprint density at radius 2 is 2.23 bits per heavy atom. The van der Waals surface area contributed by atoms with Crippen molar-refractivity contribution < 1.29 is 14.2 Å². The largest absolute Gasteiger partial charge is 0.632 e. The number of quaternary nitrogens is 1. The first-order valence-corrected chi connectivity index (χ1v) is 9.60. The molecule has 1 spiro atoms. The van der Waals surface area contributed by atoms with Crippen molar-refractivity contribution in [2.24, 2.45) is 16.8 Å². The minimum absolute atomic E-state index is 0.0110. The normalized spacial score (nSPS) is 47.7. The molecule has 5 nitrogen and oxygen atoms in total. The van der Waals surface area contributed by atoms with Crippen LogP contribution in [0.1, 0.15) is 32.3 Å². The second-order valence-corrected chi connectivity index (χ2v) is 8.60. The number of aliphatic imine (C=N–C) groups is 1. The first-order chi connectivity index (χ1) is 12.5. The molecule has 4 saturated heterocycles. The maximum Gasteiger partial charge on any atom is 0.302 e. The van der Waals surface area contributed by atoms with Gasteiger partial charge in [-0.15, -0.1) is 0 Å². The molecule has 1 aromatic rings. The molecule has 1 aromatic carbocycles. The number of fused-ring (bicyclic) bond motifs is 2. The van der Waals surface area contributed by atoms with E-state index in [9.17, 15) is 10.0 Å². The number of hydrogen-bond acceptors (Lipinski definition) is 4. The van der Waals surface area contributed by atoms with E-state index >= 15 is 0 Å². The van der Waals surface area contributed by atoms with Gasteiger partial charge in [0, 0.05) is 25.7 Å². The van der Waals surface area contributed by atoms with Crippen LogP contribution in [-0.4, -0.2) is 41.1 Å². The molecule has 0 radical (unpaired) electrons. The topological polar surface area (TPSA) is 61.7 Å². The number of para-hydroxylation sites is 1. The summed E-state index contributed by atoms with van der Waals surface area (Å²) in [7, 11) is 0. The lowest BCUT2D eigenvalue weighted by molar-refractivity contribution is -0.934. The van der Waals surface area contributed by atoms with Crippen LogP contribution in [0.4, 0.5) is 5.69 Å². The number of piperidine rings is 4. The monoisotopic (exact) mass is 350 g/mol. The number of carbonyl (C=O) groups excluding carboxylic acids is 1. The Hall–Kier alpha value is -1.98. The van der Waals surface area contributed by atoms with E-state index in [1.54, 1.807) is 0 Å². The summed E-state index contributed by atoms with van der Waals surface area (Å²) in [6, 6.07) is 8.10. The zero-order chi connectivity index (χ0) is 17.8. The molecule has 1 aliphatic carbocycles. The number of nitrogens with zero attached hydrogens (tertiary/aromatic N) is 2. The van der Waals surface area contributed by atoms with Crippen molar-refractivity contribution in [2.45, 2.75) is 50.3 Å². The van der Waals surface area contributed by atoms with E-state index in [0.717, 1.165) is 29.8 Å². The highest BCUT2D eigenvalue weighted by molar-refractivity contribution is 6.07. The number of ether oxygens (including phenoxy) is 1. The highest BCUT2D eigenvalue weighted by Gasteiger charge is 2.78. The molecule has 0 amide bonds. The van der Waals surface area contributed by atoms with Crippen LogP contribution in [0.5, 0.6) is 0 Å². The summed E-state index contributed by atoms with van der Waals surface area (Å²) in [6.07, 6.45) is 3.45. The maximum absolute atomic E-state index is 14.1. The summed E-state index contributed by atoms with van der Waals surface area (Å²) in [6.45, 7) is 4.09. The zero-order valence-corrected chi connectivity index (χ0v) is 15.0. The lowest BCUT2D eigenvalue weighted by Crippen LogP contribution is -2.73. The second kappa shape index (κ2) is 4.46. The average Bonchev–Trinajstić information content (AvgIpc) is 3.08. The quantitative estimate of drug-likeness (QED) is 0.338. The third-order valence-corrected chi connectivity index (χ3v) is 7.81. The lowest BCUT2D eigenvalue weighted by atomic mass is 9.66. The van der Waals surface area contributed by atoms with Crippen molar-refractivity contribution in [1.82, 2.24) is 0 Å². The first-order valence-electron chi connectivity index (χ1n) is 9.60. The summed E-state index contributed by atoms with van der Waals surface area (Å²) >= 11 is 0. The van der Waals surface area contributed by atoms with Gasteiger partial charge in [-0.1, -0.05) is 24.3 Å². The first kappa shape index (κ1) is 15.1. The SMILES string of the molecule is C/C=C1/C[N@@+]2([O-])[C@H]3C[C@@H]1[C@@H]1[C@@H](OC(C)=O)[C@@]4(C[C@@H]12)C3=Nc1ccccc14. The standard InChI is InChI=1S/C21H22N2O3/c1-3-12-10-23(25)16-8-13(12)18-17(23)9-21(20(18)26-11(2)24)14-6-4-5-7-15(14)22-19(16)21/h3-7,13,16-18,20H,8-10H2,1-2H3/b12-3-/t13-,16-,17-,18-,20+,21+,23+/m0/s1. The Kier molecular flexibility index (Phi) is 2.59. The van der Waals surface area contributed by atoms with E-state index < -0.39 is 0 Å². The minimum Gasteiger partial charge on any atom is -0.632 e. The van der Waals surface area contributed by atoms with E-state index in [1.807, 2.05) is 25.1 Å². The van der Waals surface area contributed by atoms with Crippen LogP contribution in [0.15, 0.2) is 40.9 Å². The van der Waals surface area contributed by atoms with Gasteiger partial charge in [0.1, 0.15) is 18.7 Å². The third-order valence-electron chi connectivity index (χ3n) is 7.81.